The number of pyridine rings is 2. The fraction of sp³-hybridized carbons (Fsp3) is 0.0476. The molecule has 7 aromatic rings. The lowest BCUT2D eigenvalue weighted by molar-refractivity contribution is 1.29. The van der Waals surface area contributed by atoms with Crippen LogP contribution in [0.15, 0.2) is 152 Å². The van der Waals surface area contributed by atoms with E-state index in [-0.39, 0.29) is 0 Å². The van der Waals surface area contributed by atoms with Crippen molar-refractivity contribution in [2.24, 2.45) is 0 Å². The van der Waals surface area contributed by atoms with Crippen LogP contribution < -0.4 is 5.46 Å². The third kappa shape index (κ3) is 5.73. The lowest BCUT2D eigenvalue weighted by Crippen LogP contribution is -2.04. The largest absolute Gasteiger partial charge is 0.256 e. The standard InChI is InChI=1S/C42H31BN2/c1-28-21-41(30-13-5-3-6-14-30)44-26-39(28)37-19-11-9-17-35(37)32-23-33(25-34(43)24-32)36-18-10-12-20-38(36)40-27-45-42(22-29(40)2)31-15-7-4-8-16-31/h3-27H,1-2H3. The van der Waals surface area contributed by atoms with Crippen LogP contribution in [0.4, 0.5) is 0 Å². The van der Waals surface area contributed by atoms with E-state index in [0.29, 0.717) is 0 Å². The van der Waals surface area contributed by atoms with E-state index < -0.39 is 0 Å². The molecule has 2 aromatic heterocycles. The van der Waals surface area contributed by atoms with Crippen molar-refractivity contribution >= 4 is 13.3 Å². The molecule has 0 aliphatic heterocycles. The van der Waals surface area contributed by atoms with E-state index in [2.05, 4.69) is 117 Å². The normalized spacial score (nSPS) is 11.0. The van der Waals surface area contributed by atoms with Gasteiger partial charge in [-0.15, -0.1) is 0 Å². The molecule has 0 saturated heterocycles. The Bertz CT molecular complexity index is 1980. The van der Waals surface area contributed by atoms with Gasteiger partial charge >= 0.3 is 0 Å². The first-order chi connectivity index (χ1) is 22.0. The number of nitrogens with zero attached hydrogens (tertiary/aromatic N) is 2. The Balaban J connectivity index is 1.30. The summed E-state index contributed by atoms with van der Waals surface area (Å²) in [6.45, 7) is 4.31. The summed E-state index contributed by atoms with van der Waals surface area (Å²) in [5.74, 6) is 0. The van der Waals surface area contributed by atoms with Crippen molar-refractivity contribution in [2.75, 3.05) is 0 Å². The van der Waals surface area contributed by atoms with Crippen LogP contribution in [0.25, 0.3) is 67.0 Å². The number of hydrogen-bond donors (Lipinski definition) is 0. The van der Waals surface area contributed by atoms with Gasteiger partial charge in [0.25, 0.3) is 0 Å². The summed E-state index contributed by atoms with van der Waals surface area (Å²) in [5.41, 5.74) is 16.1. The molecule has 0 unspecified atom stereocenters. The van der Waals surface area contributed by atoms with Crippen LogP contribution >= 0.6 is 0 Å². The van der Waals surface area contributed by atoms with Gasteiger partial charge in [0, 0.05) is 34.6 Å². The number of aryl methyl sites for hydroxylation is 2. The molecule has 0 N–H and O–H groups in total. The molecular formula is C42H31BN2. The third-order valence-electron chi connectivity index (χ3n) is 8.37. The zero-order chi connectivity index (χ0) is 30.8. The summed E-state index contributed by atoms with van der Waals surface area (Å²) in [7, 11) is 6.62. The number of rotatable bonds is 6. The van der Waals surface area contributed by atoms with E-state index in [1.54, 1.807) is 0 Å². The Kier molecular flexibility index (Phi) is 7.67. The second-order valence-electron chi connectivity index (χ2n) is 11.4. The second-order valence-corrected chi connectivity index (χ2v) is 11.4. The minimum atomic E-state index is 0.718. The highest BCUT2D eigenvalue weighted by Crippen LogP contribution is 2.38. The van der Waals surface area contributed by atoms with Crippen LogP contribution in [-0.2, 0) is 0 Å². The van der Waals surface area contributed by atoms with Crippen LogP contribution in [0.5, 0.6) is 0 Å². The van der Waals surface area contributed by atoms with E-state index in [1.807, 2.05) is 48.8 Å². The van der Waals surface area contributed by atoms with Gasteiger partial charge in [0.1, 0.15) is 7.85 Å². The lowest BCUT2D eigenvalue weighted by Gasteiger charge is -2.17. The minimum Gasteiger partial charge on any atom is -0.256 e. The average molecular weight is 575 g/mol. The van der Waals surface area contributed by atoms with Gasteiger partial charge in [-0.05, 0) is 76.6 Å². The SMILES string of the molecule is [B]c1cc(-c2ccccc2-c2cnc(-c3ccccc3)cc2C)cc(-c2ccccc2-c2cnc(-c3ccccc3)cc2C)c1. The predicted octanol–water partition coefficient (Wildman–Crippen LogP) is 9.89. The molecule has 5 aromatic carbocycles. The zero-order valence-electron chi connectivity index (χ0n) is 25.4. The molecule has 0 atom stereocenters. The molecule has 0 spiro atoms. The van der Waals surface area contributed by atoms with Crippen molar-refractivity contribution in [3.8, 4) is 67.0 Å². The first-order valence-corrected chi connectivity index (χ1v) is 15.2. The Morgan fingerprint density at radius 2 is 0.756 bits per heavy atom. The highest BCUT2D eigenvalue weighted by Gasteiger charge is 2.15. The highest BCUT2D eigenvalue weighted by molar-refractivity contribution is 6.33. The Morgan fingerprint density at radius 3 is 1.16 bits per heavy atom. The Morgan fingerprint density at radius 1 is 0.378 bits per heavy atom. The van der Waals surface area contributed by atoms with Crippen LogP contribution in [0, 0.1) is 13.8 Å². The number of aromatic nitrogens is 2. The van der Waals surface area contributed by atoms with Crippen molar-refractivity contribution in [1.82, 2.24) is 9.97 Å². The van der Waals surface area contributed by atoms with Crippen molar-refractivity contribution in [3.05, 3.63) is 163 Å². The van der Waals surface area contributed by atoms with Crippen LogP contribution in [0.1, 0.15) is 11.1 Å². The van der Waals surface area contributed by atoms with Crippen molar-refractivity contribution < 1.29 is 0 Å². The van der Waals surface area contributed by atoms with Gasteiger partial charge in [-0.2, -0.15) is 0 Å². The van der Waals surface area contributed by atoms with Crippen LogP contribution in [0.3, 0.4) is 0 Å². The Labute approximate surface area is 266 Å². The Hall–Kier alpha value is -5.54. The molecule has 212 valence electrons. The summed E-state index contributed by atoms with van der Waals surface area (Å²) in [6, 6.07) is 48.3. The fourth-order valence-corrected chi connectivity index (χ4v) is 6.11. The lowest BCUT2D eigenvalue weighted by atomic mass is 9.84. The molecule has 2 radical (unpaired) electrons. The average Bonchev–Trinajstić information content (AvgIpc) is 3.09. The summed E-state index contributed by atoms with van der Waals surface area (Å²) in [5, 5.41) is 0. The van der Waals surface area contributed by atoms with E-state index in [9.17, 15) is 0 Å². The molecule has 2 nitrogen and oxygen atoms in total. The first-order valence-electron chi connectivity index (χ1n) is 15.2. The molecule has 0 aliphatic rings. The monoisotopic (exact) mass is 574 g/mol. The summed E-state index contributed by atoms with van der Waals surface area (Å²) in [6.07, 6.45) is 3.99. The number of hydrogen-bond acceptors (Lipinski definition) is 2. The van der Waals surface area contributed by atoms with E-state index in [0.717, 1.165) is 72.5 Å². The summed E-state index contributed by atoms with van der Waals surface area (Å²) < 4.78 is 0. The molecule has 7 rings (SSSR count). The van der Waals surface area contributed by atoms with Gasteiger partial charge < -0.3 is 0 Å². The maximum Gasteiger partial charge on any atom is 0.113 e. The predicted molar refractivity (Wildman–Crippen MR) is 190 cm³/mol. The van der Waals surface area contributed by atoms with E-state index in [4.69, 9.17) is 17.8 Å². The first kappa shape index (κ1) is 28.2. The molecule has 3 heteroatoms. The molecule has 45 heavy (non-hydrogen) atoms. The number of benzene rings is 5. The highest BCUT2D eigenvalue weighted by atomic mass is 14.7. The van der Waals surface area contributed by atoms with Crippen molar-refractivity contribution in [3.63, 3.8) is 0 Å². The van der Waals surface area contributed by atoms with Gasteiger partial charge in [-0.25, -0.2) is 0 Å². The molecule has 0 bridgehead atoms. The topological polar surface area (TPSA) is 25.8 Å². The smallest absolute Gasteiger partial charge is 0.113 e. The van der Waals surface area contributed by atoms with Crippen LogP contribution in [-0.4, -0.2) is 17.8 Å². The van der Waals surface area contributed by atoms with Gasteiger partial charge in [-0.3, -0.25) is 9.97 Å². The molecular weight excluding hydrogens is 543 g/mol. The van der Waals surface area contributed by atoms with Gasteiger partial charge in [0.15, 0.2) is 0 Å². The molecule has 0 saturated carbocycles. The van der Waals surface area contributed by atoms with E-state index in [1.165, 1.54) is 11.1 Å². The van der Waals surface area contributed by atoms with Gasteiger partial charge in [-0.1, -0.05) is 127 Å². The molecule has 2 heterocycles. The molecule has 0 amide bonds. The molecule has 0 fully saturated rings. The third-order valence-corrected chi connectivity index (χ3v) is 8.37. The van der Waals surface area contributed by atoms with Gasteiger partial charge in [0.2, 0.25) is 0 Å². The maximum atomic E-state index is 6.62. The molecule has 0 aliphatic carbocycles. The summed E-state index contributed by atoms with van der Waals surface area (Å²) in [4.78, 5) is 9.70. The maximum absolute atomic E-state index is 6.62. The zero-order valence-corrected chi connectivity index (χ0v) is 25.4. The fourth-order valence-electron chi connectivity index (χ4n) is 6.11. The van der Waals surface area contributed by atoms with Gasteiger partial charge in [0.05, 0.1) is 11.4 Å². The van der Waals surface area contributed by atoms with Crippen molar-refractivity contribution in [2.45, 2.75) is 13.8 Å². The second kappa shape index (κ2) is 12.2. The van der Waals surface area contributed by atoms with Crippen molar-refractivity contribution in [1.29, 1.82) is 0 Å². The minimum absolute atomic E-state index is 0.718. The quantitative estimate of drug-likeness (QED) is 0.185. The summed E-state index contributed by atoms with van der Waals surface area (Å²) >= 11 is 0. The van der Waals surface area contributed by atoms with Crippen LogP contribution in [0.2, 0.25) is 0 Å². The van der Waals surface area contributed by atoms with E-state index >= 15 is 0 Å².